The van der Waals surface area contributed by atoms with Gasteiger partial charge in [-0.2, -0.15) is 0 Å². The molecule has 0 unspecified atom stereocenters. The minimum absolute atomic E-state index is 0.0978. The molecule has 0 saturated heterocycles. The standard InChI is InChI=1S/C24H26FNO3/c1-15(2)29-24(28)23-17(4)26(14-18-8-6-10-20(25)12-18)22(27)13-21(23)19-9-5-7-16(3)11-19/h5-12,15,21H,13-14H2,1-4H3/t21-/m1/s1. The van der Waals surface area contributed by atoms with Crippen molar-refractivity contribution in [1.82, 2.24) is 4.90 Å². The summed E-state index contributed by atoms with van der Waals surface area (Å²) in [5.74, 6) is -1.23. The molecule has 0 radical (unpaired) electrons. The van der Waals surface area contributed by atoms with Gasteiger partial charge in [0.1, 0.15) is 5.82 Å². The van der Waals surface area contributed by atoms with Crippen LogP contribution in [-0.2, 0) is 20.9 Å². The highest BCUT2D eigenvalue weighted by atomic mass is 19.1. The number of benzene rings is 2. The third-order valence-corrected chi connectivity index (χ3v) is 5.06. The van der Waals surface area contributed by atoms with E-state index in [0.29, 0.717) is 16.8 Å². The molecule has 2 aromatic rings. The molecule has 1 amide bonds. The first-order chi connectivity index (χ1) is 13.8. The number of rotatable bonds is 5. The Labute approximate surface area is 171 Å². The number of halogens is 1. The molecule has 0 fully saturated rings. The Morgan fingerprint density at radius 1 is 1.17 bits per heavy atom. The third kappa shape index (κ3) is 4.73. The summed E-state index contributed by atoms with van der Waals surface area (Å²) >= 11 is 0. The number of esters is 1. The van der Waals surface area contributed by atoms with Crippen molar-refractivity contribution in [2.24, 2.45) is 0 Å². The number of aryl methyl sites for hydroxylation is 1. The molecule has 0 aliphatic carbocycles. The smallest absolute Gasteiger partial charge is 0.336 e. The molecule has 5 heteroatoms. The third-order valence-electron chi connectivity index (χ3n) is 5.06. The topological polar surface area (TPSA) is 46.6 Å². The summed E-state index contributed by atoms with van der Waals surface area (Å²) in [6, 6.07) is 14.0. The average Bonchev–Trinajstić information content (AvgIpc) is 2.64. The maximum absolute atomic E-state index is 13.6. The van der Waals surface area contributed by atoms with E-state index in [2.05, 4.69) is 0 Å². The average molecular weight is 395 g/mol. The van der Waals surface area contributed by atoms with Crippen LogP contribution in [0.5, 0.6) is 0 Å². The summed E-state index contributed by atoms with van der Waals surface area (Å²) < 4.78 is 19.1. The van der Waals surface area contributed by atoms with Gasteiger partial charge in [-0.1, -0.05) is 42.0 Å². The highest BCUT2D eigenvalue weighted by Gasteiger charge is 2.37. The fourth-order valence-electron chi connectivity index (χ4n) is 3.74. The summed E-state index contributed by atoms with van der Waals surface area (Å²) in [6.45, 7) is 7.55. The highest BCUT2D eigenvalue weighted by Crippen LogP contribution is 2.38. The van der Waals surface area contributed by atoms with E-state index in [1.807, 2.05) is 31.2 Å². The lowest BCUT2D eigenvalue weighted by molar-refractivity contribution is -0.143. The molecular formula is C24H26FNO3. The van der Waals surface area contributed by atoms with Gasteiger partial charge < -0.3 is 9.64 Å². The van der Waals surface area contributed by atoms with Crippen LogP contribution < -0.4 is 0 Å². The van der Waals surface area contributed by atoms with Gasteiger partial charge in [0.05, 0.1) is 18.2 Å². The summed E-state index contributed by atoms with van der Waals surface area (Å²) in [4.78, 5) is 27.5. The zero-order valence-corrected chi connectivity index (χ0v) is 17.2. The number of carbonyl (C=O) groups excluding carboxylic acids is 2. The zero-order valence-electron chi connectivity index (χ0n) is 17.2. The van der Waals surface area contributed by atoms with Crippen molar-refractivity contribution in [2.75, 3.05) is 0 Å². The Hall–Kier alpha value is -2.95. The van der Waals surface area contributed by atoms with Gasteiger partial charge in [0, 0.05) is 18.0 Å². The summed E-state index contributed by atoms with van der Waals surface area (Å²) in [7, 11) is 0. The van der Waals surface area contributed by atoms with E-state index in [1.165, 1.54) is 12.1 Å². The van der Waals surface area contributed by atoms with Gasteiger partial charge >= 0.3 is 5.97 Å². The SMILES string of the molecule is CC1=C(C(=O)OC(C)C)[C@@H](c2cccc(C)c2)CC(=O)N1Cc1cccc(F)c1. The number of hydrogen-bond donors (Lipinski definition) is 0. The molecule has 1 atom stereocenters. The van der Waals surface area contributed by atoms with E-state index in [9.17, 15) is 14.0 Å². The van der Waals surface area contributed by atoms with Crippen LogP contribution in [0, 0.1) is 12.7 Å². The second-order valence-corrected chi connectivity index (χ2v) is 7.73. The van der Waals surface area contributed by atoms with Crippen molar-refractivity contribution < 1.29 is 18.7 Å². The number of hydrogen-bond acceptors (Lipinski definition) is 3. The number of carbonyl (C=O) groups is 2. The molecule has 1 aliphatic rings. The van der Waals surface area contributed by atoms with Crippen LogP contribution in [0.2, 0.25) is 0 Å². The Morgan fingerprint density at radius 3 is 2.55 bits per heavy atom. The maximum atomic E-state index is 13.6. The van der Waals surface area contributed by atoms with Gasteiger partial charge in [0.15, 0.2) is 0 Å². The van der Waals surface area contributed by atoms with Crippen molar-refractivity contribution in [3.63, 3.8) is 0 Å². The Morgan fingerprint density at radius 2 is 1.90 bits per heavy atom. The molecule has 4 nitrogen and oxygen atoms in total. The first-order valence-electron chi connectivity index (χ1n) is 9.79. The minimum atomic E-state index is -0.416. The van der Waals surface area contributed by atoms with Gasteiger partial charge in [0.2, 0.25) is 5.91 Å². The van der Waals surface area contributed by atoms with Gasteiger partial charge in [0.25, 0.3) is 0 Å². The van der Waals surface area contributed by atoms with Crippen molar-refractivity contribution in [3.8, 4) is 0 Å². The van der Waals surface area contributed by atoms with Gasteiger partial charge in [-0.3, -0.25) is 4.79 Å². The van der Waals surface area contributed by atoms with Crippen molar-refractivity contribution in [2.45, 2.75) is 52.7 Å². The number of ether oxygens (including phenoxy) is 1. The fourth-order valence-corrected chi connectivity index (χ4v) is 3.74. The van der Waals surface area contributed by atoms with Gasteiger partial charge in [-0.25, -0.2) is 9.18 Å². The molecule has 0 bridgehead atoms. The van der Waals surface area contributed by atoms with E-state index < -0.39 is 5.97 Å². The van der Waals surface area contributed by atoms with E-state index in [-0.39, 0.29) is 36.7 Å². The Bertz CT molecular complexity index is 964. The molecular weight excluding hydrogens is 369 g/mol. The molecule has 3 rings (SSSR count). The quantitative estimate of drug-likeness (QED) is 0.678. The van der Waals surface area contributed by atoms with Crippen LogP contribution >= 0.6 is 0 Å². The van der Waals surface area contributed by atoms with Crippen LogP contribution in [0.4, 0.5) is 4.39 Å². The second kappa shape index (κ2) is 8.60. The molecule has 29 heavy (non-hydrogen) atoms. The monoisotopic (exact) mass is 395 g/mol. The van der Waals surface area contributed by atoms with Gasteiger partial charge in [-0.05, 0) is 51.0 Å². The molecule has 152 valence electrons. The van der Waals surface area contributed by atoms with E-state index >= 15 is 0 Å². The molecule has 0 saturated carbocycles. The molecule has 0 aromatic heterocycles. The molecule has 2 aromatic carbocycles. The lowest BCUT2D eigenvalue weighted by atomic mass is 9.83. The highest BCUT2D eigenvalue weighted by molar-refractivity contribution is 5.96. The number of allylic oxidation sites excluding steroid dienone is 1. The molecule has 1 heterocycles. The van der Waals surface area contributed by atoms with Crippen molar-refractivity contribution in [3.05, 3.63) is 82.3 Å². The predicted octanol–water partition coefficient (Wildman–Crippen LogP) is 4.88. The Kier molecular flexibility index (Phi) is 6.16. The van der Waals surface area contributed by atoms with Crippen LogP contribution in [0.1, 0.15) is 49.8 Å². The lowest BCUT2D eigenvalue weighted by Gasteiger charge is -2.35. The van der Waals surface area contributed by atoms with Crippen molar-refractivity contribution in [1.29, 1.82) is 0 Å². The molecule has 0 N–H and O–H groups in total. The Balaban J connectivity index is 2.04. The zero-order chi connectivity index (χ0) is 21.1. The van der Waals surface area contributed by atoms with E-state index in [4.69, 9.17) is 4.74 Å². The maximum Gasteiger partial charge on any atom is 0.336 e. The van der Waals surface area contributed by atoms with Crippen LogP contribution in [-0.4, -0.2) is 22.9 Å². The first kappa shape index (κ1) is 20.8. The molecule has 0 spiro atoms. The van der Waals surface area contributed by atoms with Crippen molar-refractivity contribution >= 4 is 11.9 Å². The van der Waals surface area contributed by atoms with Crippen LogP contribution in [0.15, 0.2) is 59.8 Å². The summed E-state index contributed by atoms with van der Waals surface area (Å²) in [5.41, 5.74) is 3.69. The number of nitrogens with zero attached hydrogens (tertiary/aromatic N) is 1. The summed E-state index contributed by atoms with van der Waals surface area (Å²) in [6.07, 6.45) is -0.103. The fraction of sp³-hybridized carbons (Fsp3) is 0.333. The van der Waals surface area contributed by atoms with Gasteiger partial charge in [-0.15, -0.1) is 0 Å². The van der Waals surface area contributed by atoms with Crippen LogP contribution in [0.3, 0.4) is 0 Å². The minimum Gasteiger partial charge on any atom is -0.460 e. The van der Waals surface area contributed by atoms with E-state index in [0.717, 1.165) is 11.1 Å². The summed E-state index contributed by atoms with van der Waals surface area (Å²) in [5, 5.41) is 0. The lowest BCUT2D eigenvalue weighted by Crippen LogP contribution is -2.38. The second-order valence-electron chi connectivity index (χ2n) is 7.73. The van der Waals surface area contributed by atoms with E-state index in [1.54, 1.807) is 37.8 Å². The molecule has 1 aliphatic heterocycles. The van der Waals surface area contributed by atoms with Crippen LogP contribution in [0.25, 0.3) is 0 Å². The predicted molar refractivity (Wildman–Crippen MR) is 109 cm³/mol. The number of amides is 1. The largest absolute Gasteiger partial charge is 0.460 e. The first-order valence-corrected chi connectivity index (χ1v) is 9.79. The normalized spacial score (nSPS) is 17.1.